The average molecular weight is 422 g/mol. The zero-order chi connectivity index (χ0) is 22.2. The SMILES string of the molecule is CCN(CC(=O)NCCc1ccccc1)c1c(N)n(Cc2ccccc2)c(=O)[nH]c1=O. The number of hydrogen-bond donors (Lipinski definition) is 3. The number of anilines is 2. The minimum Gasteiger partial charge on any atom is -0.383 e. The van der Waals surface area contributed by atoms with Crippen molar-refractivity contribution in [3.8, 4) is 0 Å². The van der Waals surface area contributed by atoms with Crippen LogP contribution in [0, 0.1) is 0 Å². The van der Waals surface area contributed by atoms with Crippen LogP contribution in [0.4, 0.5) is 11.5 Å². The van der Waals surface area contributed by atoms with Gasteiger partial charge in [-0.15, -0.1) is 0 Å². The van der Waals surface area contributed by atoms with Crippen LogP contribution in [0.3, 0.4) is 0 Å². The maximum Gasteiger partial charge on any atom is 0.330 e. The van der Waals surface area contributed by atoms with Crippen molar-refractivity contribution in [3.63, 3.8) is 0 Å². The van der Waals surface area contributed by atoms with Crippen molar-refractivity contribution in [2.24, 2.45) is 0 Å². The van der Waals surface area contributed by atoms with E-state index in [4.69, 9.17) is 5.73 Å². The van der Waals surface area contributed by atoms with Gasteiger partial charge in [-0.05, 0) is 24.5 Å². The molecule has 0 aliphatic heterocycles. The lowest BCUT2D eigenvalue weighted by Crippen LogP contribution is -2.43. The highest BCUT2D eigenvalue weighted by atomic mass is 16.2. The summed E-state index contributed by atoms with van der Waals surface area (Å²) in [7, 11) is 0. The molecule has 0 saturated heterocycles. The van der Waals surface area contributed by atoms with Crippen LogP contribution in [-0.4, -0.2) is 35.1 Å². The van der Waals surface area contributed by atoms with Crippen LogP contribution in [0.2, 0.25) is 0 Å². The van der Waals surface area contributed by atoms with Crippen molar-refractivity contribution in [1.82, 2.24) is 14.9 Å². The Labute approximate surface area is 180 Å². The molecule has 0 fully saturated rings. The van der Waals surface area contributed by atoms with Crippen LogP contribution in [0.25, 0.3) is 0 Å². The standard InChI is InChI=1S/C23H27N5O3/c1-2-27(16-19(29)25-14-13-17-9-5-3-6-10-17)20-21(24)28(23(31)26-22(20)30)15-18-11-7-4-8-12-18/h3-12H,2,13-16,24H2,1H3,(H,25,29)(H,26,30,31). The molecule has 0 aliphatic carbocycles. The number of H-pyrrole nitrogens is 1. The number of aromatic amines is 1. The maximum atomic E-state index is 12.5. The molecule has 1 amide bonds. The third kappa shape index (κ3) is 5.63. The van der Waals surface area contributed by atoms with Crippen LogP contribution < -0.4 is 27.2 Å². The first-order chi connectivity index (χ1) is 15.0. The van der Waals surface area contributed by atoms with Gasteiger partial charge in [-0.1, -0.05) is 60.7 Å². The topological polar surface area (TPSA) is 113 Å². The van der Waals surface area contributed by atoms with Crippen molar-refractivity contribution in [3.05, 3.63) is 92.6 Å². The quantitative estimate of drug-likeness (QED) is 0.483. The number of nitrogen functional groups attached to an aromatic ring is 1. The molecule has 8 heteroatoms. The van der Waals surface area contributed by atoms with E-state index in [2.05, 4.69) is 10.3 Å². The number of benzene rings is 2. The van der Waals surface area contributed by atoms with Gasteiger partial charge in [0.1, 0.15) is 11.5 Å². The largest absolute Gasteiger partial charge is 0.383 e. The maximum absolute atomic E-state index is 12.5. The minimum atomic E-state index is -0.606. The Balaban J connectivity index is 1.74. The lowest BCUT2D eigenvalue weighted by molar-refractivity contribution is -0.119. The van der Waals surface area contributed by atoms with E-state index in [0.717, 1.165) is 11.1 Å². The number of hydrogen-bond acceptors (Lipinski definition) is 5. The summed E-state index contributed by atoms with van der Waals surface area (Å²) in [6.07, 6.45) is 0.712. The molecule has 0 atom stereocenters. The van der Waals surface area contributed by atoms with Gasteiger partial charge in [0.2, 0.25) is 5.91 Å². The van der Waals surface area contributed by atoms with Crippen molar-refractivity contribution in [2.45, 2.75) is 19.9 Å². The van der Waals surface area contributed by atoms with Crippen molar-refractivity contribution in [2.75, 3.05) is 30.3 Å². The Kier molecular flexibility index (Phi) is 7.26. The molecule has 0 bridgehead atoms. The first kappa shape index (κ1) is 21.9. The molecular weight excluding hydrogens is 394 g/mol. The van der Waals surface area contributed by atoms with E-state index >= 15 is 0 Å². The molecule has 0 saturated carbocycles. The van der Waals surface area contributed by atoms with Crippen LogP contribution in [0.5, 0.6) is 0 Å². The molecule has 0 spiro atoms. The highest BCUT2D eigenvalue weighted by molar-refractivity contribution is 5.82. The fourth-order valence-corrected chi connectivity index (χ4v) is 3.38. The summed E-state index contributed by atoms with van der Waals surface area (Å²) >= 11 is 0. The summed E-state index contributed by atoms with van der Waals surface area (Å²) in [6, 6.07) is 19.2. The fraction of sp³-hybridized carbons (Fsp3) is 0.261. The monoisotopic (exact) mass is 421 g/mol. The molecule has 0 aliphatic rings. The normalized spacial score (nSPS) is 10.6. The average Bonchev–Trinajstić information content (AvgIpc) is 2.77. The number of likely N-dealkylation sites (N-methyl/N-ethyl adjacent to an activating group) is 1. The lowest BCUT2D eigenvalue weighted by atomic mass is 10.1. The summed E-state index contributed by atoms with van der Waals surface area (Å²) in [5, 5.41) is 2.87. The van der Waals surface area contributed by atoms with Gasteiger partial charge in [-0.3, -0.25) is 19.1 Å². The molecule has 0 unspecified atom stereocenters. The molecule has 3 rings (SSSR count). The molecule has 2 aromatic carbocycles. The van der Waals surface area contributed by atoms with E-state index < -0.39 is 11.2 Å². The predicted molar refractivity (Wildman–Crippen MR) is 122 cm³/mol. The molecule has 1 heterocycles. The summed E-state index contributed by atoms with van der Waals surface area (Å²) in [5.74, 6) is -0.186. The van der Waals surface area contributed by atoms with Gasteiger partial charge in [0, 0.05) is 13.1 Å². The van der Waals surface area contributed by atoms with Crippen LogP contribution in [0.1, 0.15) is 18.1 Å². The second kappa shape index (κ2) is 10.3. The third-order valence-corrected chi connectivity index (χ3v) is 5.01. The van der Waals surface area contributed by atoms with Gasteiger partial charge < -0.3 is 16.0 Å². The molecule has 3 aromatic rings. The zero-order valence-electron chi connectivity index (χ0n) is 17.5. The number of nitrogens with zero attached hydrogens (tertiary/aromatic N) is 2. The van der Waals surface area contributed by atoms with Crippen LogP contribution in [0.15, 0.2) is 70.3 Å². The van der Waals surface area contributed by atoms with Crippen LogP contribution in [-0.2, 0) is 17.8 Å². The van der Waals surface area contributed by atoms with E-state index in [1.54, 1.807) is 4.90 Å². The molecule has 8 nitrogen and oxygen atoms in total. The highest BCUT2D eigenvalue weighted by Gasteiger charge is 2.20. The van der Waals surface area contributed by atoms with Crippen molar-refractivity contribution < 1.29 is 4.79 Å². The Bertz CT molecular complexity index is 1120. The number of carbonyl (C=O) groups is 1. The molecule has 31 heavy (non-hydrogen) atoms. The minimum absolute atomic E-state index is 0.0385. The van der Waals surface area contributed by atoms with Crippen molar-refractivity contribution >= 4 is 17.4 Å². The summed E-state index contributed by atoms with van der Waals surface area (Å²) in [6.45, 7) is 2.86. The van der Waals surface area contributed by atoms with E-state index in [1.807, 2.05) is 67.6 Å². The second-order valence-electron chi connectivity index (χ2n) is 7.16. The van der Waals surface area contributed by atoms with Gasteiger partial charge in [0.05, 0.1) is 13.1 Å². The van der Waals surface area contributed by atoms with E-state index in [-0.39, 0.29) is 30.5 Å². The zero-order valence-corrected chi connectivity index (χ0v) is 17.5. The lowest BCUT2D eigenvalue weighted by Gasteiger charge is -2.24. The fourth-order valence-electron chi connectivity index (χ4n) is 3.38. The van der Waals surface area contributed by atoms with Gasteiger partial charge in [0.25, 0.3) is 5.56 Å². The molecule has 162 valence electrons. The van der Waals surface area contributed by atoms with E-state index in [1.165, 1.54) is 4.57 Å². The van der Waals surface area contributed by atoms with Crippen LogP contribution >= 0.6 is 0 Å². The number of nitrogens with one attached hydrogen (secondary N) is 2. The molecule has 1 aromatic heterocycles. The Morgan fingerprint density at radius 2 is 1.65 bits per heavy atom. The number of rotatable bonds is 9. The van der Waals surface area contributed by atoms with Gasteiger partial charge in [-0.2, -0.15) is 0 Å². The molecule has 0 radical (unpaired) electrons. The van der Waals surface area contributed by atoms with Crippen molar-refractivity contribution in [1.29, 1.82) is 0 Å². The number of carbonyl (C=O) groups excluding carboxylic acids is 1. The van der Waals surface area contributed by atoms with E-state index in [0.29, 0.717) is 19.5 Å². The molecule has 4 N–H and O–H groups in total. The third-order valence-electron chi connectivity index (χ3n) is 5.01. The summed E-state index contributed by atoms with van der Waals surface area (Å²) < 4.78 is 1.31. The predicted octanol–water partition coefficient (Wildman–Crippen LogP) is 1.35. The Morgan fingerprint density at radius 3 is 2.26 bits per heavy atom. The summed E-state index contributed by atoms with van der Waals surface area (Å²) in [4.78, 5) is 41.2. The van der Waals surface area contributed by atoms with Gasteiger partial charge in [-0.25, -0.2) is 4.79 Å². The van der Waals surface area contributed by atoms with Gasteiger partial charge in [0.15, 0.2) is 0 Å². The van der Waals surface area contributed by atoms with E-state index in [9.17, 15) is 14.4 Å². The molecular formula is C23H27N5O3. The highest BCUT2D eigenvalue weighted by Crippen LogP contribution is 2.17. The number of nitrogens with two attached hydrogens (primary N) is 1. The number of aromatic nitrogens is 2. The van der Waals surface area contributed by atoms with Gasteiger partial charge >= 0.3 is 5.69 Å². The summed E-state index contributed by atoms with van der Waals surface area (Å²) in [5.41, 5.74) is 7.16. The Hall–Kier alpha value is -3.81. The number of amides is 1. The first-order valence-electron chi connectivity index (χ1n) is 10.2. The Morgan fingerprint density at radius 1 is 1.03 bits per heavy atom. The smallest absolute Gasteiger partial charge is 0.330 e. The first-order valence-corrected chi connectivity index (χ1v) is 10.2. The second-order valence-corrected chi connectivity index (χ2v) is 7.16.